The van der Waals surface area contributed by atoms with E-state index in [1.807, 2.05) is 0 Å². The Kier molecular flexibility index (Phi) is 5.64. The smallest absolute Gasteiger partial charge is 0.416 e. The van der Waals surface area contributed by atoms with E-state index in [0.29, 0.717) is 18.5 Å². The standard InChI is InChI=1S/C17H18F3NO3/c1-24-16(23)14-4-2-3-11-21(14)15(22)10-7-12-5-8-13(9-6-12)17(18,19)20/h5-10,14H,2-4,11H2,1H3/b10-7+. The zero-order valence-corrected chi connectivity index (χ0v) is 13.2. The lowest BCUT2D eigenvalue weighted by molar-refractivity contribution is -0.153. The molecule has 0 bridgehead atoms. The van der Waals surface area contributed by atoms with Gasteiger partial charge in [-0.25, -0.2) is 4.79 Å². The minimum absolute atomic E-state index is 0.356. The summed E-state index contributed by atoms with van der Waals surface area (Å²) in [7, 11) is 1.28. The van der Waals surface area contributed by atoms with Gasteiger partial charge in [0.25, 0.3) is 0 Å². The third-order valence-electron chi connectivity index (χ3n) is 3.92. The fourth-order valence-electron chi connectivity index (χ4n) is 2.62. The molecule has 1 aromatic rings. The fraction of sp³-hybridized carbons (Fsp3) is 0.412. The van der Waals surface area contributed by atoms with Gasteiger partial charge in [0.2, 0.25) is 5.91 Å². The van der Waals surface area contributed by atoms with E-state index in [2.05, 4.69) is 0 Å². The first-order valence-electron chi connectivity index (χ1n) is 7.56. The first-order valence-corrected chi connectivity index (χ1v) is 7.56. The number of esters is 1. The molecule has 0 aliphatic carbocycles. The van der Waals surface area contributed by atoms with Crippen molar-refractivity contribution in [3.63, 3.8) is 0 Å². The fourth-order valence-corrected chi connectivity index (χ4v) is 2.62. The van der Waals surface area contributed by atoms with Crippen molar-refractivity contribution >= 4 is 18.0 Å². The van der Waals surface area contributed by atoms with Gasteiger partial charge in [-0.2, -0.15) is 13.2 Å². The Morgan fingerprint density at radius 2 is 1.88 bits per heavy atom. The number of carbonyl (C=O) groups excluding carboxylic acids is 2. The summed E-state index contributed by atoms with van der Waals surface area (Å²) in [6, 6.07) is 3.90. The van der Waals surface area contributed by atoms with E-state index >= 15 is 0 Å². The van der Waals surface area contributed by atoms with Crippen LogP contribution in [0.2, 0.25) is 0 Å². The van der Waals surface area contributed by atoms with Crippen LogP contribution in [0.25, 0.3) is 6.08 Å². The number of rotatable bonds is 3. The number of benzene rings is 1. The molecule has 0 saturated carbocycles. The maximum Gasteiger partial charge on any atom is 0.416 e. The molecule has 1 atom stereocenters. The van der Waals surface area contributed by atoms with Gasteiger partial charge in [-0.3, -0.25) is 4.79 Å². The van der Waals surface area contributed by atoms with E-state index < -0.39 is 23.8 Å². The number of carbonyl (C=O) groups is 2. The molecular formula is C17H18F3NO3. The van der Waals surface area contributed by atoms with Crippen LogP contribution in [0.15, 0.2) is 30.3 Å². The van der Waals surface area contributed by atoms with Crippen molar-refractivity contribution in [2.24, 2.45) is 0 Å². The number of likely N-dealkylation sites (tertiary alicyclic amines) is 1. The third-order valence-corrected chi connectivity index (χ3v) is 3.92. The second-order valence-electron chi connectivity index (χ2n) is 5.52. The zero-order valence-electron chi connectivity index (χ0n) is 13.2. The van der Waals surface area contributed by atoms with E-state index in [1.54, 1.807) is 0 Å². The Labute approximate surface area is 137 Å². The van der Waals surface area contributed by atoms with Crippen molar-refractivity contribution in [3.8, 4) is 0 Å². The van der Waals surface area contributed by atoms with Gasteiger partial charge in [-0.05, 0) is 43.0 Å². The molecule has 2 rings (SSSR count). The molecule has 1 aliphatic heterocycles. The molecule has 1 fully saturated rings. The Bertz CT molecular complexity index is 623. The molecule has 130 valence electrons. The van der Waals surface area contributed by atoms with Crippen molar-refractivity contribution < 1.29 is 27.5 Å². The van der Waals surface area contributed by atoms with Crippen molar-refractivity contribution in [2.45, 2.75) is 31.5 Å². The molecule has 0 spiro atoms. The minimum atomic E-state index is -4.39. The van der Waals surface area contributed by atoms with E-state index in [9.17, 15) is 22.8 Å². The normalized spacial score (nSPS) is 18.7. The van der Waals surface area contributed by atoms with E-state index in [1.165, 1.54) is 36.3 Å². The maximum atomic E-state index is 12.5. The van der Waals surface area contributed by atoms with Crippen LogP contribution in [0.1, 0.15) is 30.4 Å². The number of methoxy groups -OCH3 is 1. The molecule has 1 heterocycles. The Hall–Kier alpha value is -2.31. The number of hydrogen-bond donors (Lipinski definition) is 0. The number of piperidine rings is 1. The third kappa shape index (κ3) is 4.37. The topological polar surface area (TPSA) is 46.6 Å². The number of ether oxygens (including phenoxy) is 1. The quantitative estimate of drug-likeness (QED) is 0.626. The monoisotopic (exact) mass is 341 g/mol. The Morgan fingerprint density at radius 1 is 1.21 bits per heavy atom. The van der Waals surface area contributed by atoms with Crippen molar-refractivity contribution in [2.75, 3.05) is 13.7 Å². The van der Waals surface area contributed by atoms with Gasteiger partial charge in [-0.1, -0.05) is 12.1 Å². The highest BCUT2D eigenvalue weighted by molar-refractivity contribution is 5.94. The van der Waals surface area contributed by atoms with Gasteiger partial charge >= 0.3 is 12.1 Å². The highest BCUT2D eigenvalue weighted by Crippen LogP contribution is 2.29. The molecule has 1 unspecified atom stereocenters. The first kappa shape index (κ1) is 18.0. The van der Waals surface area contributed by atoms with Gasteiger partial charge in [0, 0.05) is 12.6 Å². The average molecular weight is 341 g/mol. The number of hydrogen-bond acceptors (Lipinski definition) is 3. The van der Waals surface area contributed by atoms with E-state index in [0.717, 1.165) is 25.0 Å². The molecule has 24 heavy (non-hydrogen) atoms. The van der Waals surface area contributed by atoms with Crippen LogP contribution in [-0.2, 0) is 20.5 Å². The molecule has 1 aliphatic rings. The van der Waals surface area contributed by atoms with Crippen LogP contribution in [0, 0.1) is 0 Å². The van der Waals surface area contributed by atoms with Gasteiger partial charge in [0.15, 0.2) is 0 Å². The summed E-state index contributed by atoms with van der Waals surface area (Å²) in [6.45, 7) is 0.454. The molecule has 4 nitrogen and oxygen atoms in total. The van der Waals surface area contributed by atoms with Gasteiger partial charge in [0.1, 0.15) is 6.04 Å². The highest BCUT2D eigenvalue weighted by Gasteiger charge is 2.32. The van der Waals surface area contributed by atoms with Gasteiger partial charge in [0.05, 0.1) is 12.7 Å². The van der Waals surface area contributed by atoms with E-state index in [-0.39, 0.29) is 5.91 Å². The Balaban J connectivity index is 2.07. The van der Waals surface area contributed by atoms with Crippen LogP contribution in [0.5, 0.6) is 0 Å². The van der Waals surface area contributed by atoms with Gasteiger partial charge < -0.3 is 9.64 Å². The number of nitrogens with zero attached hydrogens (tertiary/aromatic N) is 1. The van der Waals surface area contributed by atoms with Crippen LogP contribution in [-0.4, -0.2) is 36.5 Å². The molecular weight excluding hydrogens is 323 g/mol. The number of alkyl halides is 3. The molecule has 0 N–H and O–H groups in total. The summed E-state index contributed by atoms with van der Waals surface area (Å²) in [4.78, 5) is 25.5. The summed E-state index contributed by atoms with van der Waals surface area (Å²) in [5.41, 5.74) is -0.268. The lowest BCUT2D eigenvalue weighted by Crippen LogP contribution is -2.47. The van der Waals surface area contributed by atoms with Crippen molar-refractivity contribution in [1.29, 1.82) is 0 Å². The zero-order chi connectivity index (χ0) is 17.7. The van der Waals surface area contributed by atoms with Crippen molar-refractivity contribution in [1.82, 2.24) is 4.90 Å². The van der Waals surface area contributed by atoms with Crippen LogP contribution in [0.3, 0.4) is 0 Å². The lowest BCUT2D eigenvalue weighted by atomic mass is 10.0. The van der Waals surface area contributed by atoms with Crippen LogP contribution in [0.4, 0.5) is 13.2 Å². The molecule has 0 radical (unpaired) electrons. The maximum absolute atomic E-state index is 12.5. The summed E-state index contributed by atoms with van der Waals surface area (Å²) in [5, 5.41) is 0. The molecule has 1 saturated heterocycles. The number of halogens is 3. The predicted octanol–water partition coefficient (Wildman–Crippen LogP) is 3.27. The summed E-state index contributed by atoms with van der Waals surface area (Å²) in [6.07, 6.45) is 0.501. The summed E-state index contributed by atoms with van der Waals surface area (Å²) in [5.74, 6) is -0.809. The molecule has 0 aromatic heterocycles. The van der Waals surface area contributed by atoms with Crippen LogP contribution >= 0.6 is 0 Å². The SMILES string of the molecule is COC(=O)C1CCCCN1C(=O)/C=C/c1ccc(C(F)(F)F)cc1. The lowest BCUT2D eigenvalue weighted by Gasteiger charge is -2.32. The largest absolute Gasteiger partial charge is 0.467 e. The van der Waals surface area contributed by atoms with Gasteiger partial charge in [-0.15, -0.1) is 0 Å². The number of amides is 1. The second kappa shape index (κ2) is 7.51. The average Bonchev–Trinajstić information content (AvgIpc) is 2.58. The Morgan fingerprint density at radius 3 is 2.46 bits per heavy atom. The molecule has 7 heteroatoms. The van der Waals surface area contributed by atoms with Crippen molar-refractivity contribution in [3.05, 3.63) is 41.5 Å². The summed E-state index contributed by atoms with van der Waals surface area (Å²) >= 11 is 0. The van der Waals surface area contributed by atoms with E-state index in [4.69, 9.17) is 4.74 Å². The van der Waals surface area contributed by atoms with Crippen LogP contribution < -0.4 is 0 Å². The predicted molar refractivity (Wildman–Crippen MR) is 81.8 cm³/mol. The molecule has 1 aromatic carbocycles. The second-order valence-corrected chi connectivity index (χ2v) is 5.52. The molecule has 1 amide bonds. The highest BCUT2D eigenvalue weighted by atomic mass is 19.4. The minimum Gasteiger partial charge on any atom is -0.467 e. The first-order chi connectivity index (χ1) is 11.3. The summed E-state index contributed by atoms with van der Waals surface area (Å²) < 4.78 is 42.2.